The van der Waals surface area contributed by atoms with E-state index in [0.29, 0.717) is 0 Å². The topological polar surface area (TPSA) is 72.2 Å². The molecule has 0 aliphatic rings. The second kappa shape index (κ2) is 5.06. The summed E-state index contributed by atoms with van der Waals surface area (Å²) in [5.41, 5.74) is 1.65. The van der Waals surface area contributed by atoms with Crippen LogP contribution in [-0.2, 0) is 11.3 Å². The maximum atomic E-state index is 11.0. The lowest BCUT2D eigenvalue weighted by Gasteiger charge is -2.06. The monoisotopic (exact) mass is 220 g/mol. The molecule has 0 atom stereocenters. The Labute approximate surface area is 92.9 Å². The molecule has 0 unspecified atom stereocenters. The van der Waals surface area contributed by atoms with Gasteiger partial charge in [0.15, 0.2) is 0 Å². The van der Waals surface area contributed by atoms with Crippen LogP contribution < -0.4 is 5.32 Å². The molecular formula is C11H12N2O3. The Morgan fingerprint density at radius 2 is 2.31 bits per heavy atom. The fourth-order valence-electron chi connectivity index (χ4n) is 1.22. The quantitative estimate of drug-likeness (QED) is 0.477. The van der Waals surface area contributed by atoms with Crippen LogP contribution in [0.2, 0.25) is 0 Å². The molecule has 0 spiro atoms. The molecule has 0 aromatic heterocycles. The van der Waals surface area contributed by atoms with Crippen LogP contribution in [0.5, 0.6) is 0 Å². The summed E-state index contributed by atoms with van der Waals surface area (Å²) in [5, 5.41) is 13.1. The highest BCUT2D eigenvalue weighted by atomic mass is 16.6. The van der Waals surface area contributed by atoms with E-state index < -0.39 is 4.92 Å². The van der Waals surface area contributed by atoms with Crippen molar-refractivity contribution in [2.24, 2.45) is 0 Å². The number of rotatable bonds is 4. The first kappa shape index (κ1) is 11.9. The zero-order valence-electron chi connectivity index (χ0n) is 8.90. The molecule has 1 aromatic carbocycles. The maximum Gasteiger partial charge on any atom is 0.269 e. The third kappa shape index (κ3) is 2.91. The summed E-state index contributed by atoms with van der Waals surface area (Å²) in [6.07, 6.45) is 1.16. The molecule has 1 rings (SSSR count). The first-order valence-corrected chi connectivity index (χ1v) is 4.68. The van der Waals surface area contributed by atoms with Crippen LogP contribution in [0.4, 0.5) is 5.69 Å². The van der Waals surface area contributed by atoms with Gasteiger partial charge in [0.05, 0.1) is 4.92 Å². The van der Waals surface area contributed by atoms with Gasteiger partial charge in [0.2, 0.25) is 5.91 Å². The molecule has 16 heavy (non-hydrogen) atoms. The first-order valence-electron chi connectivity index (χ1n) is 4.68. The van der Waals surface area contributed by atoms with Gasteiger partial charge in [0, 0.05) is 18.7 Å². The minimum absolute atomic E-state index is 0.0217. The van der Waals surface area contributed by atoms with Crippen molar-refractivity contribution in [3.63, 3.8) is 0 Å². The summed E-state index contributed by atoms with van der Waals surface area (Å²) >= 11 is 0. The van der Waals surface area contributed by atoms with E-state index in [2.05, 4.69) is 11.9 Å². The Hall–Kier alpha value is -2.17. The summed E-state index contributed by atoms with van der Waals surface area (Å²) in [6, 6.07) is 4.56. The van der Waals surface area contributed by atoms with Crippen LogP contribution in [0.3, 0.4) is 0 Å². The van der Waals surface area contributed by atoms with Crippen molar-refractivity contribution in [3.05, 3.63) is 52.1 Å². The van der Waals surface area contributed by atoms with Gasteiger partial charge in [-0.3, -0.25) is 14.9 Å². The third-order valence-electron chi connectivity index (χ3n) is 2.18. The van der Waals surface area contributed by atoms with E-state index in [0.717, 1.165) is 17.2 Å². The van der Waals surface area contributed by atoms with Gasteiger partial charge in [0.1, 0.15) is 0 Å². The Balaban J connectivity index is 2.86. The highest BCUT2D eigenvalue weighted by molar-refractivity contribution is 5.86. The summed E-state index contributed by atoms with van der Waals surface area (Å²) in [5.74, 6) is -0.300. The molecule has 0 saturated heterocycles. The lowest BCUT2D eigenvalue weighted by Crippen LogP contribution is -2.20. The Morgan fingerprint density at radius 3 is 2.88 bits per heavy atom. The van der Waals surface area contributed by atoms with E-state index in [9.17, 15) is 14.9 Å². The van der Waals surface area contributed by atoms with Crippen molar-refractivity contribution in [1.82, 2.24) is 5.32 Å². The summed E-state index contributed by atoms with van der Waals surface area (Å²) in [7, 11) is 0. The third-order valence-corrected chi connectivity index (χ3v) is 2.18. The number of carbonyl (C=O) groups is 1. The number of carbonyl (C=O) groups excluding carboxylic acids is 1. The van der Waals surface area contributed by atoms with Gasteiger partial charge < -0.3 is 5.32 Å². The molecule has 0 radical (unpaired) electrons. The largest absolute Gasteiger partial charge is 0.348 e. The molecule has 0 aliphatic carbocycles. The van der Waals surface area contributed by atoms with Crippen molar-refractivity contribution < 1.29 is 9.72 Å². The Morgan fingerprint density at radius 1 is 1.62 bits per heavy atom. The molecular weight excluding hydrogens is 208 g/mol. The molecule has 5 heteroatoms. The normalized spacial score (nSPS) is 9.56. The average molecular weight is 220 g/mol. The van der Waals surface area contributed by atoms with E-state index in [-0.39, 0.29) is 18.1 Å². The van der Waals surface area contributed by atoms with Gasteiger partial charge in [-0.25, -0.2) is 0 Å². The SMILES string of the molecule is C=CC(=O)NCc1cc([N+](=O)[O-])ccc1C. The van der Waals surface area contributed by atoms with Crippen molar-refractivity contribution in [1.29, 1.82) is 0 Å². The summed E-state index contributed by atoms with van der Waals surface area (Å²) in [4.78, 5) is 21.1. The minimum Gasteiger partial charge on any atom is -0.348 e. The maximum absolute atomic E-state index is 11.0. The molecule has 0 saturated carbocycles. The van der Waals surface area contributed by atoms with Crippen LogP contribution in [0.1, 0.15) is 11.1 Å². The Kier molecular flexibility index (Phi) is 3.77. The summed E-state index contributed by atoms with van der Waals surface area (Å²) < 4.78 is 0. The number of benzene rings is 1. The highest BCUT2D eigenvalue weighted by Crippen LogP contribution is 2.16. The molecule has 1 N–H and O–H groups in total. The first-order chi connectivity index (χ1) is 7.54. The van der Waals surface area contributed by atoms with E-state index in [1.807, 2.05) is 6.92 Å². The number of hydrogen-bond donors (Lipinski definition) is 1. The van der Waals surface area contributed by atoms with E-state index in [1.165, 1.54) is 12.1 Å². The lowest BCUT2D eigenvalue weighted by molar-refractivity contribution is -0.384. The van der Waals surface area contributed by atoms with Gasteiger partial charge >= 0.3 is 0 Å². The fraction of sp³-hybridized carbons (Fsp3) is 0.182. The van der Waals surface area contributed by atoms with Crippen LogP contribution in [-0.4, -0.2) is 10.8 Å². The van der Waals surface area contributed by atoms with Crippen molar-refractivity contribution in [2.75, 3.05) is 0 Å². The van der Waals surface area contributed by atoms with Gasteiger partial charge in [0.25, 0.3) is 5.69 Å². The van der Waals surface area contributed by atoms with Crippen molar-refractivity contribution in [3.8, 4) is 0 Å². The van der Waals surface area contributed by atoms with Crippen LogP contribution >= 0.6 is 0 Å². The van der Waals surface area contributed by atoms with Gasteiger partial charge in [-0.1, -0.05) is 12.6 Å². The average Bonchev–Trinajstić information content (AvgIpc) is 2.27. The number of aryl methyl sites for hydroxylation is 1. The van der Waals surface area contributed by atoms with Crippen molar-refractivity contribution in [2.45, 2.75) is 13.5 Å². The van der Waals surface area contributed by atoms with E-state index >= 15 is 0 Å². The zero-order chi connectivity index (χ0) is 12.1. The predicted octanol–water partition coefficient (Wildman–Crippen LogP) is 1.71. The van der Waals surface area contributed by atoms with Gasteiger partial charge in [-0.05, 0) is 24.1 Å². The number of non-ortho nitro benzene ring substituents is 1. The zero-order valence-corrected chi connectivity index (χ0v) is 8.90. The second-order valence-electron chi connectivity index (χ2n) is 3.29. The fourth-order valence-corrected chi connectivity index (χ4v) is 1.22. The molecule has 84 valence electrons. The molecule has 0 fully saturated rings. The number of amides is 1. The van der Waals surface area contributed by atoms with Crippen molar-refractivity contribution >= 4 is 11.6 Å². The molecule has 0 aliphatic heterocycles. The summed E-state index contributed by atoms with van der Waals surface area (Å²) in [6.45, 7) is 5.42. The number of nitro groups is 1. The van der Waals surface area contributed by atoms with Crippen LogP contribution in [0.15, 0.2) is 30.9 Å². The molecule has 1 amide bonds. The number of hydrogen-bond acceptors (Lipinski definition) is 3. The predicted molar refractivity (Wildman–Crippen MR) is 59.9 cm³/mol. The smallest absolute Gasteiger partial charge is 0.269 e. The van der Waals surface area contributed by atoms with Crippen LogP contribution in [0, 0.1) is 17.0 Å². The molecule has 1 aromatic rings. The second-order valence-corrected chi connectivity index (χ2v) is 3.29. The molecule has 5 nitrogen and oxygen atoms in total. The van der Waals surface area contributed by atoms with E-state index in [4.69, 9.17) is 0 Å². The van der Waals surface area contributed by atoms with E-state index in [1.54, 1.807) is 6.07 Å². The standard InChI is InChI=1S/C11H12N2O3/c1-3-11(14)12-7-9-6-10(13(15)16)5-4-8(9)2/h3-6H,1,7H2,2H3,(H,12,14). The number of nitrogens with zero attached hydrogens (tertiary/aromatic N) is 1. The molecule has 0 bridgehead atoms. The van der Waals surface area contributed by atoms with Gasteiger partial charge in [-0.15, -0.1) is 0 Å². The van der Waals surface area contributed by atoms with Crippen LogP contribution in [0.25, 0.3) is 0 Å². The minimum atomic E-state index is -0.460. The van der Waals surface area contributed by atoms with Gasteiger partial charge in [-0.2, -0.15) is 0 Å². The lowest BCUT2D eigenvalue weighted by atomic mass is 10.1. The Bertz CT molecular complexity index is 441. The number of nitrogens with one attached hydrogen (secondary N) is 1. The molecule has 0 heterocycles. The number of nitro benzene ring substituents is 1. The highest BCUT2D eigenvalue weighted by Gasteiger charge is 2.08.